The van der Waals surface area contributed by atoms with Crippen LogP contribution in [0.5, 0.6) is 0 Å². The molecule has 1 aliphatic rings. The molecule has 0 radical (unpaired) electrons. The lowest BCUT2D eigenvalue weighted by molar-refractivity contribution is -0.110. The highest BCUT2D eigenvalue weighted by Crippen LogP contribution is 2.40. The van der Waals surface area contributed by atoms with Crippen LogP contribution in [0.4, 0.5) is 5.69 Å². The Morgan fingerprint density at radius 3 is 2.74 bits per heavy atom. The van der Waals surface area contributed by atoms with E-state index in [0.717, 1.165) is 36.8 Å². The second-order valence-corrected chi connectivity index (χ2v) is 7.02. The molecule has 5 heteroatoms. The van der Waals surface area contributed by atoms with Gasteiger partial charge in [-0.05, 0) is 46.3 Å². The Morgan fingerprint density at radius 1 is 1.04 bits per heavy atom. The van der Waals surface area contributed by atoms with Crippen molar-refractivity contribution in [3.63, 3.8) is 0 Å². The Morgan fingerprint density at radius 2 is 1.87 bits per heavy atom. The maximum absolute atomic E-state index is 12.3. The van der Waals surface area contributed by atoms with Crippen LogP contribution < -0.4 is 5.32 Å². The molecule has 0 atom stereocenters. The molecule has 1 aliphatic heterocycles. The summed E-state index contributed by atoms with van der Waals surface area (Å²) in [7, 11) is 0. The number of aromatic nitrogens is 1. The number of hydrogen-bond acceptors (Lipinski definition) is 2. The van der Waals surface area contributed by atoms with Crippen molar-refractivity contribution in [2.24, 2.45) is 0 Å². The van der Waals surface area contributed by atoms with E-state index in [2.05, 4.69) is 42.2 Å². The van der Waals surface area contributed by atoms with Gasteiger partial charge in [-0.2, -0.15) is 0 Å². The number of amides is 1. The molecule has 0 aliphatic carbocycles. The van der Waals surface area contributed by atoms with Crippen molar-refractivity contribution in [3.05, 3.63) is 68.7 Å². The fourth-order valence-electron chi connectivity index (χ4n) is 2.67. The predicted molar refractivity (Wildman–Crippen MR) is 100 cm³/mol. The number of carbonyl (C=O) groups excluding carboxylic acids is 1. The van der Waals surface area contributed by atoms with E-state index in [1.54, 1.807) is 0 Å². The number of benzene rings is 2. The second kappa shape index (κ2) is 5.58. The largest absolute Gasteiger partial charge is 0.320 e. The Hall–Kier alpha value is -1.98. The Bertz CT molecular complexity index is 995. The summed E-state index contributed by atoms with van der Waals surface area (Å²) in [5.74, 6) is -0.117. The van der Waals surface area contributed by atoms with Gasteiger partial charge in [0.2, 0.25) is 0 Å². The number of carbonyl (C=O) groups is 1. The third-order valence-electron chi connectivity index (χ3n) is 3.74. The van der Waals surface area contributed by atoms with Crippen molar-refractivity contribution in [3.8, 4) is 0 Å². The SMILES string of the molecule is O=C1Nc2c(Br)cc(Br)cc2C1=Cc1ccc2ccccc2n1. The van der Waals surface area contributed by atoms with Crippen LogP contribution in [-0.4, -0.2) is 10.9 Å². The van der Waals surface area contributed by atoms with Gasteiger partial charge in [0.05, 0.1) is 22.5 Å². The molecule has 2 heterocycles. The summed E-state index contributed by atoms with van der Waals surface area (Å²) in [6.45, 7) is 0. The fraction of sp³-hybridized carbons (Fsp3) is 0. The minimum atomic E-state index is -0.117. The molecule has 23 heavy (non-hydrogen) atoms. The minimum Gasteiger partial charge on any atom is -0.320 e. The minimum absolute atomic E-state index is 0.117. The normalized spacial score (nSPS) is 15.0. The molecule has 1 amide bonds. The number of pyridine rings is 1. The number of rotatable bonds is 1. The van der Waals surface area contributed by atoms with Gasteiger partial charge in [0.25, 0.3) is 5.91 Å². The average Bonchev–Trinajstić information content (AvgIpc) is 2.84. The van der Waals surface area contributed by atoms with E-state index in [9.17, 15) is 4.79 Å². The number of fused-ring (bicyclic) bond motifs is 2. The summed E-state index contributed by atoms with van der Waals surface area (Å²) < 4.78 is 1.77. The van der Waals surface area contributed by atoms with Crippen molar-refractivity contribution in [1.82, 2.24) is 4.98 Å². The van der Waals surface area contributed by atoms with Crippen LogP contribution in [0.25, 0.3) is 22.6 Å². The molecule has 0 saturated carbocycles. The van der Waals surface area contributed by atoms with E-state index in [0.29, 0.717) is 5.57 Å². The van der Waals surface area contributed by atoms with Gasteiger partial charge in [0.15, 0.2) is 0 Å². The first-order valence-corrected chi connectivity index (χ1v) is 8.59. The number of hydrogen-bond donors (Lipinski definition) is 1. The zero-order valence-corrected chi connectivity index (χ0v) is 15.0. The average molecular weight is 430 g/mol. The third-order valence-corrected chi connectivity index (χ3v) is 4.82. The first-order valence-electron chi connectivity index (χ1n) is 7.00. The van der Waals surface area contributed by atoms with Crippen molar-refractivity contribution < 1.29 is 4.79 Å². The summed E-state index contributed by atoms with van der Waals surface area (Å²) >= 11 is 6.95. The molecule has 3 aromatic rings. The lowest BCUT2D eigenvalue weighted by Gasteiger charge is -2.03. The Kier molecular flexibility index (Phi) is 3.54. The predicted octanol–water partition coefficient (Wildman–Crippen LogP) is 5.25. The molecule has 4 rings (SSSR count). The zero-order chi connectivity index (χ0) is 16.0. The first kappa shape index (κ1) is 14.6. The molecule has 112 valence electrons. The van der Waals surface area contributed by atoms with Crippen LogP contribution in [0.2, 0.25) is 0 Å². The van der Waals surface area contributed by atoms with E-state index in [1.807, 2.05) is 54.6 Å². The second-order valence-electron chi connectivity index (χ2n) is 5.25. The molecule has 1 aromatic heterocycles. The Balaban J connectivity index is 1.86. The topological polar surface area (TPSA) is 42.0 Å². The molecule has 3 nitrogen and oxygen atoms in total. The van der Waals surface area contributed by atoms with Gasteiger partial charge >= 0.3 is 0 Å². The van der Waals surface area contributed by atoms with Gasteiger partial charge in [0.1, 0.15) is 0 Å². The van der Waals surface area contributed by atoms with Crippen molar-refractivity contribution in [2.75, 3.05) is 5.32 Å². The van der Waals surface area contributed by atoms with E-state index < -0.39 is 0 Å². The summed E-state index contributed by atoms with van der Waals surface area (Å²) in [5.41, 5.74) is 3.95. The molecule has 0 bridgehead atoms. The number of nitrogens with one attached hydrogen (secondary N) is 1. The molecule has 2 aromatic carbocycles. The van der Waals surface area contributed by atoms with Gasteiger partial charge in [0, 0.05) is 19.9 Å². The van der Waals surface area contributed by atoms with Gasteiger partial charge in [-0.3, -0.25) is 4.79 Å². The summed E-state index contributed by atoms with van der Waals surface area (Å²) in [5, 5.41) is 3.98. The molecular weight excluding hydrogens is 420 g/mol. The number of halogens is 2. The highest BCUT2D eigenvalue weighted by molar-refractivity contribution is 9.11. The molecule has 0 spiro atoms. The van der Waals surface area contributed by atoms with Crippen molar-refractivity contribution >= 4 is 66.0 Å². The highest BCUT2D eigenvalue weighted by Gasteiger charge is 2.26. The van der Waals surface area contributed by atoms with Crippen LogP contribution in [0, 0.1) is 0 Å². The standard InChI is InChI=1S/C18H10Br2N2O/c19-11-7-13-14(18(23)22-17(13)15(20)8-11)9-12-6-5-10-3-1-2-4-16(10)21-12/h1-9H,(H,22,23). The first-order chi connectivity index (χ1) is 11.1. The number of anilines is 1. The van der Waals surface area contributed by atoms with Gasteiger partial charge in [-0.25, -0.2) is 4.98 Å². The van der Waals surface area contributed by atoms with Crippen LogP contribution in [0.15, 0.2) is 57.5 Å². The van der Waals surface area contributed by atoms with Gasteiger partial charge < -0.3 is 5.32 Å². The maximum Gasteiger partial charge on any atom is 0.256 e. The van der Waals surface area contributed by atoms with Crippen LogP contribution in [0.1, 0.15) is 11.3 Å². The zero-order valence-electron chi connectivity index (χ0n) is 11.8. The lowest BCUT2D eigenvalue weighted by Crippen LogP contribution is -2.04. The quantitative estimate of drug-likeness (QED) is 0.536. The molecule has 0 saturated heterocycles. The van der Waals surface area contributed by atoms with E-state index in [4.69, 9.17) is 0 Å². The molecule has 0 unspecified atom stereocenters. The monoisotopic (exact) mass is 428 g/mol. The van der Waals surface area contributed by atoms with Crippen molar-refractivity contribution in [1.29, 1.82) is 0 Å². The van der Waals surface area contributed by atoms with E-state index in [1.165, 1.54) is 0 Å². The van der Waals surface area contributed by atoms with Crippen LogP contribution >= 0.6 is 31.9 Å². The van der Waals surface area contributed by atoms with Crippen LogP contribution in [0.3, 0.4) is 0 Å². The van der Waals surface area contributed by atoms with E-state index >= 15 is 0 Å². The number of para-hydroxylation sites is 1. The van der Waals surface area contributed by atoms with Crippen molar-refractivity contribution in [2.45, 2.75) is 0 Å². The summed E-state index contributed by atoms with van der Waals surface area (Å²) in [6.07, 6.45) is 1.83. The smallest absolute Gasteiger partial charge is 0.256 e. The van der Waals surface area contributed by atoms with Crippen LogP contribution in [-0.2, 0) is 4.79 Å². The molecule has 1 N–H and O–H groups in total. The maximum atomic E-state index is 12.3. The summed E-state index contributed by atoms with van der Waals surface area (Å²) in [6, 6.07) is 15.7. The lowest BCUT2D eigenvalue weighted by atomic mass is 10.1. The van der Waals surface area contributed by atoms with Gasteiger partial charge in [-0.1, -0.05) is 40.2 Å². The summed E-state index contributed by atoms with van der Waals surface area (Å²) in [4.78, 5) is 16.9. The van der Waals surface area contributed by atoms with E-state index in [-0.39, 0.29) is 5.91 Å². The Labute approximate surface area is 149 Å². The fourth-order valence-corrected chi connectivity index (χ4v) is 3.99. The highest BCUT2D eigenvalue weighted by atomic mass is 79.9. The third kappa shape index (κ3) is 2.60. The molecule has 0 fully saturated rings. The van der Waals surface area contributed by atoms with Gasteiger partial charge in [-0.15, -0.1) is 0 Å². The number of nitrogens with zero attached hydrogens (tertiary/aromatic N) is 1. The molecular formula is C18H10Br2N2O.